The van der Waals surface area contributed by atoms with Gasteiger partial charge >= 0.3 is 0 Å². The van der Waals surface area contributed by atoms with E-state index in [-0.39, 0.29) is 10.6 Å². The molecule has 2 rings (SSSR count). The van der Waals surface area contributed by atoms with E-state index in [0.717, 1.165) is 0 Å². The lowest BCUT2D eigenvalue weighted by Crippen LogP contribution is -2.04. The zero-order chi connectivity index (χ0) is 13.2. The molecule has 1 heterocycles. The van der Waals surface area contributed by atoms with Crippen molar-refractivity contribution in [3.05, 3.63) is 51.2 Å². The third-order valence-electron chi connectivity index (χ3n) is 2.37. The lowest BCUT2D eigenvalue weighted by Gasteiger charge is -2.03. The van der Waals surface area contributed by atoms with Crippen LogP contribution in [0.1, 0.15) is 10.4 Å². The number of halogens is 1. The molecule has 0 saturated heterocycles. The van der Waals surface area contributed by atoms with Crippen LogP contribution in [0.5, 0.6) is 0 Å². The van der Waals surface area contributed by atoms with Crippen molar-refractivity contribution in [2.75, 3.05) is 0 Å². The number of benzene rings is 1. The van der Waals surface area contributed by atoms with Crippen LogP contribution in [0, 0.1) is 11.3 Å². The molecule has 0 fully saturated rings. The minimum absolute atomic E-state index is 0.166. The minimum Gasteiger partial charge on any atom is -0.223 e. The van der Waals surface area contributed by atoms with E-state index in [9.17, 15) is 8.42 Å². The first-order valence-corrected chi connectivity index (χ1v) is 7.89. The molecule has 0 aliphatic heterocycles. The number of hydrogen-bond acceptors (Lipinski definition) is 4. The van der Waals surface area contributed by atoms with Gasteiger partial charge in [0.2, 0.25) is 0 Å². The summed E-state index contributed by atoms with van der Waals surface area (Å²) in [5, 5.41) is 11.1. The van der Waals surface area contributed by atoms with Gasteiger partial charge in [-0.15, -0.1) is 11.3 Å². The standard InChI is InChI=1S/C12H8ClNO2S2/c13-10-1-3-11(4-2-10)18(15,16)8-9-5-6-17-12(9)7-14/h1-6H,8H2. The topological polar surface area (TPSA) is 57.9 Å². The van der Waals surface area contributed by atoms with Crippen LogP contribution in [-0.4, -0.2) is 8.42 Å². The van der Waals surface area contributed by atoms with Gasteiger partial charge in [0, 0.05) is 5.02 Å². The molecule has 6 heteroatoms. The third-order valence-corrected chi connectivity index (χ3v) is 5.16. The van der Waals surface area contributed by atoms with E-state index in [2.05, 4.69) is 0 Å². The maximum atomic E-state index is 12.1. The minimum atomic E-state index is -3.44. The number of thiophene rings is 1. The lowest BCUT2D eigenvalue weighted by atomic mass is 10.3. The smallest absolute Gasteiger partial charge is 0.182 e. The quantitative estimate of drug-likeness (QED) is 0.874. The van der Waals surface area contributed by atoms with Crippen LogP contribution >= 0.6 is 22.9 Å². The predicted molar refractivity (Wildman–Crippen MR) is 71.4 cm³/mol. The van der Waals surface area contributed by atoms with Crippen molar-refractivity contribution in [1.29, 1.82) is 5.26 Å². The lowest BCUT2D eigenvalue weighted by molar-refractivity contribution is 0.595. The van der Waals surface area contributed by atoms with E-state index < -0.39 is 9.84 Å². The van der Waals surface area contributed by atoms with Crippen molar-refractivity contribution >= 4 is 32.8 Å². The average molecular weight is 298 g/mol. The van der Waals surface area contributed by atoms with Crippen LogP contribution in [0.3, 0.4) is 0 Å². The second kappa shape index (κ2) is 5.11. The van der Waals surface area contributed by atoms with E-state index in [1.165, 1.54) is 35.6 Å². The average Bonchev–Trinajstić information content (AvgIpc) is 2.76. The fraction of sp³-hybridized carbons (Fsp3) is 0.0833. The van der Waals surface area contributed by atoms with E-state index in [0.29, 0.717) is 15.5 Å². The maximum Gasteiger partial charge on any atom is 0.182 e. The van der Waals surface area contributed by atoms with Crippen LogP contribution in [0.15, 0.2) is 40.6 Å². The van der Waals surface area contributed by atoms with Crippen molar-refractivity contribution in [3.8, 4) is 6.07 Å². The van der Waals surface area contributed by atoms with E-state index >= 15 is 0 Å². The Morgan fingerprint density at radius 2 is 1.89 bits per heavy atom. The normalized spacial score (nSPS) is 11.1. The summed E-state index contributed by atoms with van der Waals surface area (Å²) >= 11 is 6.96. The van der Waals surface area contributed by atoms with Crippen LogP contribution in [-0.2, 0) is 15.6 Å². The highest BCUT2D eigenvalue weighted by atomic mass is 35.5. The molecule has 1 aromatic carbocycles. The molecule has 0 bridgehead atoms. The van der Waals surface area contributed by atoms with E-state index in [4.69, 9.17) is 16.9 Å². The van der Waals surface area contributed by atoms with E-state index in [1.54, 1.807) is 11.4 Å². The summed E-state index contributed by atoms with van der Waals surface area (Å²) in [5.74, 6) is -0.166. The predicted octanol–water partition coefficient (Wildman–Crippen LogP) is 3.25. The van der Waals surface area contributed by atoms with Crippen molar-refractivity contribution in [1.82, 2.24) is 0 Å². The van der Waals surface area contributed by atoms with Crippen LogP contribution in [0.25, 0.3) is 0 Å². The van der Waals surface area contributed by atoms with Crippen LogP contribution in [0.4, 0.5) is 0 Å². The Labute approximate surface area is 114 Å². The molecule has 0 N–H and O–H groups in total. The molecule has 0 radical (unpaired) electrons. The molecule has 0 spiro atoms. The molecular formula is C12H8ClNO2S2. The summed E-state index contributed by atoms with van der Waals surface area (Å²) in [6, 6.07) is 9.66. The molecule has 18 heavy (non-hydrogen) atoms. The molecule has 0 atom stereocenters. The zero-order valence-corrected chi connectivity index (χ0v) is 11.5. The monoisotopic (exact) mass is 297 g/mol. The Morgan fingerprint density at radius 1 is 1.22 bits per heavy atom. The Hall–Kier alpha value is -1.35. The molecule has 0 aliphatic carbocycles. The summed E-state index contributed by atoms with van der Waals surface area (Å²) in [5.41, 5.74) is 0.539. The van der Waals surface area contributed by atoms with Gasteiger partial charge in [0.05, 0.1) is 10.6 Å². The summed E-state index contributed by atoms with van der Waals surface area (Å²) in [6.07, 6.45) is 0. The van der Waals surface area contributed by atoms with Crippen LogP contribution in [0.2, 0.25) is 5.02 Å². The van der Waals surface area contributed by atoms with Gasteiger partial charge in [0.15, 0.2) is 9.84 Å². The van der Waals surface area contributed by atoms with Gasteiger partial charge in [0.1, 0.15) is 10.9 Å². The highest BCUT2D eigenvalue weighted by Gasteiger charge is 2.17. The Bertz CT molecular complexity index is 696. The highest BCUT2D eigenvalue weighted by molar-refractivity contribution is 7.90. The second-order valence-electron chi connectivity index (χ2n) is 3.60. The highest BCUT2D eigenvalue weighted by Crippen LogP contribution is 2.23. The Kier molecular flexibility index (Phi) is 3.71. The van der Waals surface area contributed by atoms with Gasteiger partial charge in [-0.05, 0) is 41.3 Å². The molecular weight excluding hydrogens is 290 g/mol. The number of hydrogen-bond donors (Lipinski definition) is 0. The fourth-order valence-corrected chi connectivity index (χ4v) is 3.77. The fourth-order valence-electron chi connectivity index (χ4n) is 1.48. The van der Waals surface area contributed by atoms with Crippen molar-refractivity contribution < 1.29 is 8.42 Å². The summed E-state index contributed by atoms with van der Waals surface area (Å²) in [4.78, 5) is 0.648. The molecule has 3 nitrogen and oxygen atoms in total. The van der Waals surface area contributed by atoms with Crippen LogP contribution < -0.4 is 0 Å². The Morgan fingerprint density at radius 3 is 2.50 bits per heavy atom. The van der Waals surface area contributed by atoms with Crippen molar-refractivity contribution in [2.45, 2.75) is 10.6 Å². The first-order valence-electron chi connectivity index (χ1n) is 4.98. The summed E-state index contributed by atoms with van der Waals surface area (Å²) in [7, 11) is -3.44. The number of rotatable bonds is 3. The molecule has 0 aliphatic rings. The van der Waals surface area contributed by atoms with Crippen molar-refractivity contribution in [2.24, 2.45) is 0 Å². The number of nitrogens with zero attached hydrogens (tertiary/aromatic N) is 1. The maximum absolute atomic E-state index is 12.1. The number of sulfone groups is 1. The summed E-state index contributed by atoms with van der Waals surface area (Å²) in [6.45, 7) is 0. The SMILES string of the molecule is N#Cc1sccc1CS(=O)(=O)c1ccc(Cl)cc1. The molecule has 1 aromatic heterocycles. The first kappa shape index (κ1) is 13.1. The molecule has 0 saturated carbocycles. The third kappa shape index (κ3) is 2.72. The largest absolute Gasteiger partial charge is 0.223 e. The molecule has 0 amide bonds. The Balaban J connectivity index is 2.34. The number of nitriles is 1. The molecule has 0 unspecified atom stereocenters. The molecule has 92 valence electrons. The van der Waals surface area contributed by atoms with Gasteiger partial charge in [-0.2, -0.15) is 5.26 Å². The zero-order valence-electron chi connectivity index (χ0n) is 9.13. The van der Waals surface area contributed by atoms with Gasteiger partial charge < -0.3 is 0 Å². The summed E-state index contributed by atoms with van der Waals surface area (Å²) < 4.78 is 24.3. The van der Waals surface area contributed by atoms with Crippen molar-refractivity contribution in [3.63, 3.8) is 0 Å². The van der Waals surface area contributed by atoms with Gasteiger partial charge in [-0.1, -0.05) is 11.6 Å². The first-order chi connectivity index (χ1) is 8.53. The van der Waals surface area contributed by atoms with Gasteiger partial charge in [0.25, 0.3) is 0 Å². The van der Waals surface area contributed by atoms with Gasteiger partial charge in [-0.3, -0.25) is 0 Å². The molecule has 2 aromatic rings. The van der Waals surface area contributed by atoms with E-state index in [1.807, 2.05) is 6.07 Å². The second-order valence-corrected chi connectivity index (χ2v) is 6.94. The van der Waals surface area contributed by atoms with Gasteiger partial charge in [-0.25, -0.2) is 8.42 Å².